The van der Waals surface area contributed by atoms with E-state index in [2.05, 4.69) is 10.6 Å². The zero-order chi connectivity index (χ0) is 13.9. The molecule has 2 rings (SSSR count). The van der Waals surface area contributed by atoms with Gasteiger partial charge in [-0.05, 0) is 32.6 Å². The number of hydrogen-bond acceptors (Lipinski definition) is 3. The van der Waals surface area contributed by atoms with Crippen LogP contribution >= 0.6 is 0 Å². The van der Waals surface area contributed by atoms with E-state index in [1.165, 1.54) is 0 Å². The van der Waals surface area contributed by atoms with Gasteiger partial charge in [-0.2, -0.15) is 0 Å². The summed E-state index contributed by atoms with van der Waals surface area (Å²) < 4.78 is 0. The van der Waals surface area contributed by atoms with Gasteiger partial charge < -0.3 is 15.7 Å². The van der Waals surface area contributed by atoms with Crippen molar-refractivity contribution < 1.29 is 14.7 Å². The maximum atomic E-state index is 12.4. The number of aliphatic hydroxyl groups is 1. The molecule has 1 aliphatic heterocycles. The molecule has 1 aliphatic carbocycles. The SMILES string of the molecule is CC1(C(=O)N[C@H]2CCCNC(=O)C2)CCCCC1O. The first-order valence-electron chi connectivity index (χ1n) is 7.28. The maximum Gasteiger partial charge on any atom is 0.228 e. The van der Waals surface area contributed by atoms with E-state index in [4.69, 9.17) is 0 Å². The van der Waals surface area contributed by atoms with E-state index in [0.717, 1.165) is 32.1 Å². The molecule has 0 aromatic heterocycles. The minimum Gasteiger partial charge on any atom is -0.392 e. The smallest absolute Gasteiger partial charge is 0.228 e. The van der Waals surface area contributed by atoms with Crippen LogP contribution in [0.2, 0.25) is 0 Å². The van der Waals surface area contributed by atoms with Crippen LogP contribution in [-0.4, -0.2) is 35.6 Å². The zero-order valence-electron chi connectivity index (χ0n) is 11.6. The van der Waals surface area contributed by atoms with Crippen LogP contribution in [0.15, 0.2) is 0 Å². The summed E-state index contributed by atoms with van der Waals surface area (Å²) in [5.41, 5.74) is -0.693. The fourth-order valence-corrected chi connectivity index (χ4v) is 3.03. The Morgan fingerprint density at radius 3 is 2.89 bits per heavy atom. The summed E-state index contributed by atoms with van der Waals surface area (Å²) in [6, 6.07) is -0.0963. The van der Waals surface area contributed by atoms with Crippen LogP contribution < -0.4 is 10.6 Å². The summed E-state index contributed by atoms with van der Waals surface area (Å²) in [6.07, 6.45) is 4.85. The van der Waals surface area contributed by atoms with Gasteiger partial charge in [-0.15, -0.1) is 0 Å². The first-order chi connectivity index (χ1) is 9.02. The van der Waals surface area contributed by atoms with Crippen LogP contribution in [0.25, 0.3) is 0 Å². The van der Waals surface area contributed by atoms with Crippen molar-refractivity contribution in [3.63, 3.8) is 0 Å². The molecular weight excluding hydrogens is 244 g/mol. The van der Waals surface area contributed by atoms with Gasteiger partial charge in [0.05, 0.1) is 11.5 Å². The third-order valence-electron chi connectivity index (χ3n) is 4.50. The van der Waals surface area contributed by atoms with Gasteiger partial charge in [0.2, 0.25) is 11.8 Å². The average Bonchev–Trinajstić information content (AvgIpc) is 2.57. The predicted molar refractivity (Wildman–Crippen MR) is 71.4 cm³/mol. The van der Waals surface area contributed by atoms with Gasteiger partial charge in [0, 0.05) is 19.0 Å². The minimum absolute atomic E-state index is 0.00264. The molecule has 3 atom stereocenters. The Labute approximate surface area is 114 Å². The third kappa shape index (κ3) is 3.26. The molecule has 1 heterocycles. The third-order valence-corrected chi connectivity index (χ3v) is 4.50. The van der Waals surface area contributed by atoms with Crippen molar-refractivity contribution in [1.82, 2.24) is 10.6 Å². The quantitative estimate of drug-likeness (QED) is 0.690. The van der Waals surface area contributed by atoms with Crippen LogP contribution in [0.5, 0.6) is 0 Å². The Hall–Kier alpha value is -1.10. The highest BCUT2D eigenvalue weighted by Gasteiger charge is 2.42. The fourth-order valence-electron chi connectivity index (χ4n) is 3.03. The molecule has 2 unspecified atom stereocenters. The molecular formula is C14H24N2O3. The molecule has 0 aromatic rings. The van der Waals surface area contributed by atoms with Crippen LogP contribution in [0.4, 0.5) is 0 Å². The molecule has 19 heavy (non-hydrogen) atoms. The topological polar surface area (TPSA) is 78.4 Å². The van der Waals surface area contributed by atoms with E-state index in [0.29, 0.717) is 19.4 Å². The van der Waals surface area contributed by atoms with E-state index in [9.17, 15) is 14.7 Å². The Morgan fingerprint density at radius 2 is 2.16 bits per heavy atom. The maximum absolute atomic E-state index is 12.4. The number of carbonyl (C=O) groups is 2. The highest BCUT2D eigenvalue weighted by molar-refractivity contribution is 5.84. The Balaban J connectivity index is 1.97. The second-order valence-electron chi connectivity index (χ2n) is 6.05. The van der Waals surface area contributed by atoms with E-state index in [-0.39, 0.29) is 17.9 Å². The molecule has 2 fully saturated rings. The van der Waals surface area contributed by atoms with E-state index in [1.54, 1.807) is 0 Å². The van der Waals surface area contributed by atoms with Gasteiger partial charge in [-0.1, -0.05) is 12.8 Å². The first-order valence-corrected chi connectivity index (χ1v) is 7.28. The van der Waals surface area contributed by atoms with Crippen molar-refractivity contribution >= 4 is 11.8 Å². The molecule has 2 aliphatic rings. The molecule has 2 amide bonds. The lowest BCUT2D eigenvalue weighted by Gasteiger charge is -2.37. The van der Waals surface area contributed by atoms with Crippen molar-refractivity contribution in [1.29, 1.82) is 0 Å². The number of hydrogen-bond donors (Lipinski definition) is 3. The predicted octanol–water partition coefficient (Wildman–Crippen LogP) is 0.712. The highest BCUT2D eigenvalue weighted by Crippen LogP contribution is 2.36. The molecule has 0 radical (unpaired) electrons. The summed E-state index contributed by atoms with van der Waals surface area (Å²) in [5, 5.41) is 15.9. The van der Waals surface area contributed by atoms with Gasteiger partial charge in [-0.3, -0.25) is 9.59 Å². The van der Waals surface area contributed by atoms with Crippen LogP contribution in [0.1, 0.15) is 51.9 Å². The van der Waals surface area contributed by atoms with Crippen molar-refractivity contribution in [2.24, 2.45) is 5.41 Å². The summed E-state index contributed by atoms with van der Waals surface area (Å²) >= 11 is 0. The van der Waals surface area contributed by atoms with Crippen molar-refractivity contribution in [3.8, 4) is 0 Å². The van der Waals surface area contributed by atoms with Gasteiger partial charge in [0.25, 0.3) is 0 Å². The number of nitrogens with one attached hydrogen (secondary N) is 2. The molecule has 0 aromatic carbocycles. The van der Waals surface area contributed by atoms with E-state index in [1.807, 2.05) is 6.92 Å². The van der Waals surface area contributed by atoms with Crippen molar-refractivity contribution in [3.05, 3.63) is 0 Å². The Bertz CT molecular complexity index is 359. The second-order valence-corrected chi connectivity index (χ2v) is 6.05. The first kappa shape index (κ1) is 14.3. The van der Waals surface area contributed by atoms with E-state index >= 15 is 0 Å². The largest absolute Gasteiger partial charge is 0.392 e. The zero-order valence-corrected chi connectivity index (χ0v) is 11.6. The highest BCUT2D eigenvalue weighted by atomic mass is 16.3. The summed E-state index contributed by atoms with van der Waals surface area (Å²) in [4.78, 5) is 23.9. The number of amides is 2. The lowest BCUT2D eigenvalue weighted by atomic mass is 9.72. The molecule has 5 heteroatoms. The molecule has 3 N–H and O–H groups in total. The monoisotopic (exact) mass is 268 g/mol. The Kier molecular flexibility index (Phi) is 4.45. The Morgan fingerprint density at radius 1 is 1.37 bits per heavy atom. The van der Waals surface area contributed by atoms with Gasteiger partial charge in [0.15, 0.2) is 0 Å². The number of carbonyl (C=O) groups excluding carboxylic acids is 2. The molecule has 108 valence electrons. The molecule has 1 saturated heterocycles. The average molecular weight is 268 g/mol. The fraction of sp³-hybridized carbons (Fsp3) is 0.857. The summed E-state index contributed by atoms with van der Waals surface area (Å²) in [5.74, 6) is -0.100. The van der Waals surface area contributed by atoms with Gasteiger partial charge in [-0.25, -0.2) is 0 Å². The molecule has 0 spiro atoms. The normalized spacial score (nSPS) is 36.2. The summed E-state index contributed by atoms with van der Waals surface area (Å²) in [7, 11) is 0. The molecule has 0 bridgehead atoms. The molecule has 1 saturated carbocycles. The van der Waals surface area contributed by atoms with Crippen molar-refractivity contribution in [2.75, 3.05) is 6.54 Å². The van der Waals surface area contributed by atoms with Crippen LogP contribution in [-0.2, 0) is 9.59 Å². The minimum atomic E-state index is -0.693. The standard InChI is InChI=1S/C14H24N2O3/c1-14(7-3-2-6-11(14)17)13(19)16-10-5-4-8-15-12(18)9-10/h10-11,17H,2-9H2,1H3,(H,15,18)(H,16,19)/t10-,11?,14?/m0/s1. The lowest BCUT2D eigenvalue weighted by Crippen LogP contribution is -2.51. The van der Waals surface area contributed by atoms with Gasteiger partial charge in [0.1, 0.15) is 0 Å². The van der Waals surface area contributed by atoms with Crippen LogP contribution in [0, 0.1) is 5.41 Å². The second kappa shape index (κ2) is 5.90. The van der Waals surface area contributed by atoms with Gasteiger partial charge >= 0.3 is 0 Å². The lowest BCUT2D eigenvalue weighted by molar-refractivity contribution is -0.140. The molecule has 5 nitrogen and oxygen atoms in total. The number of rotatable bonds is 2. The van der Waals surface area contributed by atoms with E-state index < -0.39 is 11.5 Å². The number of aliphatic hydroxyl groups excluding tert-OH is 1. The summed E-state index contributed by atoms with van der Waals surface area (Å²) in [6.45, 7) is 2.52. The van der Waals surface area contributed by atoms with Crippen molar-refractivity contribution in [2.45, 2.75) is 64.0 Å². The van der Waals surface area contributed by atoms with Crippen LogP contribution in [0.3, 0.4) is 0 Å².